The van der Waals surface area contributed by atoms with Crippen LogP contribution in [-0.2, 0) is 19.3 Å². The molecule has 0 aliphatic rings. The van der Waals surface area contributed by atoms with Crippen LogP contribution in [0, 0.1) is 5.41 Å². The quantitative estimate of drug-likeness (QED) is 0.472. The van der Waals surface area contributed by atoms with Crippen LogP contribution in [0.2, 0.25) is 4.44 Å². The van der Waals surface area contributed by atoms with Crippen LogP contribution in [-0.4, -0.2) is 22.5 Å². The summed E-state index contributed by atoms with van der Waals surface area (Å²) in [7, 11) is 0. The van der Waals surface area contributed by atoms with Gasteiger partial charge in [-0.05, 0) is 0 Å². The first kappa shape index (κ1) is 17.3. The summed E-state index contributed by atoms with van der Waals surface area (Å²) in [5.74, 6) is 0. The Morgan fingerprint density at radius 2 is 0.792 bits per heavy atom. The van der Waals surface area contributed by atoms with Gasteiger partial charge in [0.05, 0.1) is 0 Å². The average Bonchev–Trinajstić information content (AvgIpc) is 2.64. The third-order valence-corrected chi connectivity index (χ3v) is 7.17. The van der Waals surface area contributed by atoms with Crippen molar-refractivity contribution in [1.82, 2.24) is 0 Å². The van der Waals surface area contributed by atoms with Crippen LogP contribution in [0.5, 0.6) is 0 Å². The molecule has 0 aliphatic heterocycles. The second-order valence-corrected chi connectivity index (χ2v) is 7.86. The molecule has 1 heteroatoms. The molecule has 3 rings (SSSR count). The van der Waals surface area contributed by atoms with Gasteiger partial charge in [0.15, 0.2) is 0 Å². The molecule has 0 N–H and O–H groups in total. The molecule has 0 heterocycles. The molecule has 0 atom stereocenters. The molecular weight excluding hydrogens is 395 g/mol. The van der Waals surface area contributed by atoms with Crippen LogP contribution in [0.1, 0.15) is 16.7 Å². The van der Waals surface area contributed by atoms with E-state index >= 15 is 0 Å². The molecule has 3 aromatic carbocycles. The van der Waals surface area contributed by atoms with Crippen molar-refractivity contribution >= 4 is 22.5 Å². The van der Waals surface area contributed by atoms with Crippen molar-refractivity contribution < 1.29 is 0 Å². The summed E-state index contributed by atoms with van der Waals surface area (Å²) < 4.78 is 1.30. The fraction of sp³-hybridized carbons (Fsp3) is 0.217. The SMILES string of the molecule is [SnH][CH2]C(Cc1ccccc1)(Cc1ccccc1)Cc1ccccc1. The van der Waals surface area contributed by atoms with Gasteiger partial charge < -0.3 is 0 Å². The molecule has 2 radical (unpaired) electrons. The monoisotopic (exact) mass is 420 g/mol. The summed E-state index contributed by atoms with van der Waals surface area (Å²) in [5.41, 5.74) is 4.68. The zero-order valence-electron chi connectivity index (χ0n) is 14.1. The molecule has 0 aromatic heterocycles. The van der Waals surface area contributed by atoms with Crippen LogP contribution in [0.15, 0.2) is 91.0 Å². The summed E-state index contributed by atoms with van der Waals surface area (Å²) in [5, 5.41) is 0. The predicted molar refractivity (Wildman–Crippen MR) is 105 cm³/mol. The Bertz CT molecular complexity index is 618. The van der Waals surface area contributed by atoms with Gasteiger partial charge in [0.1, 0.15) is 0 Å². The Balaban J connectivity index is 1.91. The van der Waals surface area contributed by atoms with E-state index < -0.39 is 0 Å². The van der Waals surface area contributed by atoms with Crippen molar-refractivity contribution in [1.29, 1.82) is 0 Å². The molecular formula is C23H24Sn. The molecule has 0 spiro atoms. The Morgan fingerprint density at radius 1 is 0.500 bits per heavy atom. The molecule has 0 amide bonds. The van der Waals surface area contributed by atoms with Crippen LogP contribution in [0.3, 0.4) is 0 Å². The summed E-state index contributed by atoms with van der Waals surface area (Å²) in [6, 6.07) is 33.0. The normalized spacial score (nSPS) is 11.4. The fourth-order valence-corrected chi connectivity index (χ4v) is 4.73. The molecule has 0 bridgehead atoms. The maximum absolute atomic E-state index is 2.28. The first-order chi connectivity index (χ1) is 11.8. The molecule has 0 nitrogen and oxygen atoms in total. The number of hydrogen-bond acceptors (Lipinski definition) is 0. The van der Waals surface area contributed by atoms with E-state index in [-0.39, 0.29) is 0 Å². The first-order valence-corrected chi connectivity index (χ1v) is 10.9. The molecule has 0 unspecified atom stereocenters. The summed E-state index contributed by atoms with van der Waals surface area (Å²) in [6.07, 6.45) is 3.46. The second-order valence-electron chi connectivity index (χ2n) is 6.69. The van der Waals surface area contributed by atoms with Gasteiger partial charge in [-0.25, -0.2) is 0 Å². The summed E-state index contributed by atoms with van der Waals surface area (Å²) in [6.45, 7) is 0. The Labute approximate surface area is 159 Å². The number of benzene rings is 3. The van der Waals surface area contributed by atoms with E-state index in [0.29, 0.717) is 5.41 Å². The van der Waals surface area contributed by atoms with Crippen molar-refractivity contribution in [3.63, 3.8) is 0 Å². The molecule has 0 fully saturated rings. The molecule has 0 saturated heterocycles. The third kappa shape index (κ3) is 4.73. The van der Waals surface area contributed by atoms with Crippen LogP contribution in [0.4, 0.5) is 0 Å². The molecule has 3 aromatic rings. The topological polar surface area (TPSA) is 0 Å². The predicted octanol–water partition coefficient (Wildman–Crippen LogP) is 5.02. The standard InChI is InChI=1S/C23H23.Sn.H/c1-23(17-20-11-5-2-6-12-20,18-21-13-7-3-8-14-21)19-22-15-9-4-10-16-22;;/h2-16H,1,17-19H2;;. The zero-order valence-corrected chi connectivity index (χ0v) is 17.4. The fourth-order valence-electron chi connectivity index (χ4n) is 3.49. The van der Waals surface area contributed by atoms with Crippen LogP contribution in [0.25, 0.3) is 0 Å². The third-order valence-electron chi connectivity index (χ3n) is 4.70. The molecule has 120 valence electrons. The van der Waals surface area contributed by atoms with E-state index in [9.17, 15) is 0 Å². The van der Waals surface area contributed by atoms with E-state index in [1.54, 1.807) is 0 Å². The van der Waals surface area contributed by atoms with Gasteiger partial charge in [-0.1, -0.05) is 0 Å². The van der Waals surface area contributed by atoms with Crippen molar-refractivity contribution in [3.8, 4) is 0 Å². The molecule has 24 heavy (non-hydrogen) atoms. The molecule has 0 aliphatic carbocycles. The van der Waals surface area contributed by atoms with Crippen molar-refractivity contribution in [2.24, 2.45) is 5.41 Å². The van der Waals surface area contributed by atoms with Gasteiger partial charge >= 0.3 is 159 Å². The van der Waals surface area contributed by atoms with Crippen molar-refractivity contribution in [2.75, 3.05) is 0 Å². The van der Waals surface area contributed by atoms with Crippen molar-refractivity contribution in [2.45, 2.75) is 23.7 Å². The molecule has 0 saturated carbocycles. The van der Waals surface area contributed by atoms with E-state index in [4.69, 9.17) is 0 Å². The van der Waals surface area contributed by atoms with Gasteiger partial charge in [0.2, 0.25) is 0 Å². The Kier molecular flexibility index (Phi) is 6.14. The maximum atomic E-state index is 2.28. The van der Waals surface area contributed by atoms with Crippen LogP contribution >= 0.6 is 0 Å². The first-order valence-electron chi connectivity index (χ1n) is 8.62. The number of hydrogen-bond donors (Lipinski definition) is 0. The minimum atomic E-state index is 0.312. The van der Waals surface area contributed by atoms with Gasteiger partial charge in [0.25, 0.3) is 0 Å². The minimum absolute atomic E-state index is 0.312. The number of rotatable bonds is 7. The van der Waals surface area contributed by atoms with E-state index in [1.807, 2.05) is 0 Å². The van der Waals surface area contributed by atoms with Gasteiger partial charge in [-0.2, -0.15) is 0 Å². The van der Waals surface area contributed by atoms with Gasteiger partial charge in [-0.3, -0.25) is 0 Å². The van der Waals surface area contributed by atoms with E-state index in [2.05, 4.69) is 91.0 Å². The average molecular weight is 419 g/mol. The van der Waals surface area contributed by atoms with Crippen molar-refractivity contribution in [3.05, 3.63) is 108 Å². The summed E-state index contributed by atoms with van der Waals surface area (Å²) >= 11 is 1.30. The van der Waals surface area contributed by atoms with Gasteiger partial charge in [0, 0.05) is 0 Å². The van der Waals surface area contributed by atoms with E-state index in [1.165, 1.54) is 43.7 Å². The van der Waals surface area contributed by atoms with Crippen LogP contribution < -0.4 is 0 Å². The van der Waals surface area contributed by atoms with Gasteiger partial charge in [-0.15, -0.1) is 0 Å². The van der Waals surface area contributed by atoms with E-state index in [0.717, 1.165) is 19.3 Å². The summed E-state index contributed by atoms with van der Waals surface area (Å²) in [4.78, 5) is 0. The Hall–Kier alpha value is -1.54. The Morgan fingerprint density at radius 3 is 1.04 bits per heavy atom. The zero-order chi connectivity index (χ0) is 16.7. The second kappa shape index (κ2) is 8.53.